The summed E-state index contributed by atoms with van der Waals surface area (Å²) in [5.41, 5.74) is 0.880. The molecule has 0 saturated carbocycles. The fourth-order valence-electron chi connectivity index (χ4n) is 3.20. The van der Waals surface area contributed by atoms with E-state index in [0.717, 1.165) is 43.8 Å². The number of benzene rings is 2. The van der Waals surface area contributed by atoms with E-state index in [1.54, 1.807) is 6.07 Å². The standard InChI is InChI=1S/C20H22F3NO3/c1-25-19(26-2)17-13-15(24-10-3-4-11-24)8-9-18(17)27-16-7-5-6-14(12-16)20(21,22)23/h5-9,12-13,19H,3-4,10-11H2,1-2H3. The summed E-state index contributed by atoms with van der Waals surface area (Å²) >= 11 is 0. The first-order valence-electron chi connectivity index (χ1n) is 8.72. The first-order chi connectivity index (χ1) is 12.9. The van der Waals surface area contributed by atoms with Crippen LogP contribution in [0.2, 0.25) is 0 Å². The second-order valence-electron chi connectivity index (χ2n) is 6.35. The quantitative estimate of drug-likeness (QED) is 0.628. The maximum atomic E-state index is 12.9. The van der Waals surface area contributed by atoms with Gasteiger partial charge in [0.1, 0.15) is 11.5 Å². The first-order valence-corrected chi connectivity index (χ1v) is 8.72. The molecular formula is C20H22F3NO3. The molecule has 0 aromatic heterocycles. The number of rotatable bonds is 6. The minimum Gasteiger partial charge on any atom is -0.457 e. The number of halogens is 3. The van der Waals surface area contributed by atoms with E-state index in [1.807, 2.05) is 12.1 Å². The second kappa shape index (κ2) is 8.19. The Bertz CT molecular complexity index is 769. The van der Waals surface area contributed by atoms with E-state index in [2.05, 4.69) is 4.90 Å². The highest BCUT2D eigenvalue weighted by Gasteiger charge is 2.30. The monoisotopic (exact) mass is 381 g/mol. The molecule has 2 aromatic rings. The maximum absolute atomic E-state index is 12.9. The van der Waals surface area contributed by atoms with Crippen molar-refractivity contribution in [3.63, 3.8) is 0 Å². The molecule has 0 unspecified atom stereocenters. The van der Waals surface area contributed by atoms with Gasteiger partial charge in [-0.25, -0.2) is 0 Å². The molecule has 146 valence electrons. The summed E-state index contributed by atoms with van der Waals surface area (Å²) in [4.78, 5) is 2.25. The summed E-state index contributed by atoms with van der Waals surface area (Å²) in [5, 5.41) is 0. The molecule has 27 heavy (non-hydrogen) atoms. The number of hydrogen-bond donors (Lipinski definition) is 0. The van der Waals surface area contributed by atoms with Crippen LogP contribution >= 0.6 is 0 Å². The molecule has 0 radical (unpaired) electrons. The third kappa shape index (κ3) is 4.54. The summed E-state index contributed by atoms with van der Waals surface area (Å²) < 4.78 is 55.3. The lowest BCUT2D eigenvalue weighted by molar-refractivity contribution is -0.137. The van der Waals surface area contributed by atoms with Gasteiger partial charge in [0.2, 0.25) is 0 Å². The zero-order valence-electron chi connectivity index (χ0n) is 15.3. The molecule has 0 atom stereocenters. The minimum atomic E-state index is -4.43. The summed E-state index contributed by atoms with van der Waals surface area (Å²) in [7, 11) is 3.01. The molecule has 2 aromatic carbocycles. The van der Waals surface area contributed by atoms with Gasteiger partial charge >= 0.3 is 6.18 Å². The minimum absolute atomic E-state index is 0.103. The van der Waals surface area contributed by atoms with Crippen molar-refractivity contribution >= 4 is 5.69 Å². The van der Waals surface area contributed by atoms with Crippen LogP contribution in [-0.4, -0.2) is 27.3 Å². The van der Waals surface area contributed by atoms with Gasteiger partial charge in [-0.1, -0.05) is 6.07 Å². The molecule has 1 fully saturated rings. The van der Waals surface area contributed by atoms with E-state index in [9.17, 15) is 13.2 Å². The van der Waals surface area contributed by atoms with Crippen LogP contribution in [0.25, 0.3) is 0 Å². The van der Waals surface area contributed by atoms with Crippen molar-refractivity contribution in [2.75, 3.05) is 32.2 Å². The van der Waals surface area contributed by atoms with E-state index in [4.69, 9.17) is 14.2 Å². The highest BCUT2D eigenvalue weighted by molar-refractivity contribution is 5.55. The van der Waals surface area contributed by atoms with E-state index in [0.29, 0.717) is 11.3 Å². The van der Waals surface area contributed by atoms with E-state index in [-0.39, 0.29) is 5.75 Å². The van der Waals surface area contributed by atoms with Crippen molar-refractivity contribution in [3.05, 3.63) is 53.6 Å². The Morgan fingerprint density at radius 3 is 2.30 bits per heavy atom. The molecule has 0 spiro atoms. The number of ether oxygens (including phenoxy) is 3. The molecule has 4 nitrogen and oxygen atoms in total. The van der Waals surface area contributed by atoms with Gasteiger partial charge in [0.25, 0.3) is 0 Å². The van der Waals surface area contributed by atoms with Crippen molar-refractivity contribution < 1.29 is 27.4 Å². The third-order valence-electron chi connectivity index (χ3n) is 4.54. The van der Waals surface area contributed by atoms with E-state index < -0.39 is 18.0 Å². The first kappa shape index (κ1) is 19.5. The number of alkyl halides is 3. The van der Waals surface area contributed by atoms with E-state index in [1.165, 1.54) is 26.4 Å². The number of nitrogens with zero attached hydrogens (tertiary/aromatic N) is 1. The lowest BCUT2D eigenvalue weighted by atomic mass is 10.1. The number of hydrogen-bond acceptors (Lipinski definition) is 4. The molecule has 0 N–H and O–H groups in total. The van der Waals surface area contributed by atoms with Crippen molar-refractivity contribution in [2.45, 2.75) is 25.3 Å². The molecule has 0 aliphatic carbocycles. The van der Waals surface area contributed by atoms with Crippen LogP contribution in [0.5, 0.6) is 11.5 Å². The van der Waals surface area contributed by atoms with Crippen LogP contribution in [0.4, 0.5) is 18.9 Å². The van der Waals surface area contributed by atoms with Crippen molar-refractivity contribution in [1.82, 2.24) is 0 Å². The van der Waals surface area contributed by atoms with Gasteiger partial charge in [0.05, 0.1) is 11.1 Å². The van der Waals surface area contributed by atoms with Crippen LogP contribution < -0.4 is 9.64 Å². The number of anilines is 1. The summed E-state index contributed by atoms with van der Waals surface area (Å²) in [6, 6.07) is 10.4. The van der Waals surface area contributed by atoms with Crippen LogP contribution in [0.15, 0.2) is 42.5 Å². The highest BCUT2D eigenvalue weighted by atomic mass is 19.4. The topological polar surface area (TPSA) is 30.9 Å². The lowest BCUT2D eigenvalue weighted by Gasteiger charge is -2.23. The van der Waals surface area contributed by atoms with Crippen molar-refractivity contribution in [3.8, 4) is 11.5 Å². The molecule has 1 saturated heterocycles. The van der Waals surface area contributed by atoms with E-state index >= 15 is 0 Å². The van der Waals surface area contributed by atoms with Crippen LogP contribution in [0, 0.1) is 0 Å². The second-order valence-corrected chi connectivity index (χ2v) is 6.35. The molecule has 3 rings (SSSR count). The average molecular weight is 381 g/mol. The Kier molecular flexibility index (Phi) is 5.92. The number of methoxy groups -OCH3 is 2. The Labute approximate surface area is 156 Å². The predicted octanol–water partition coefficient (Wildman–Crippen LogP) is 5.39. The van der Waals surface area contributed by atoms with Gasteiger partial charge in [-0.15, -0.1) is 0 Å². The molecular weight excluding hydrogens is 359 g/mol. The Morgan fingerprint density at radius 1 is 0.963 bits per heavy atom. The Hall–Kier alpha value is -2.25. The van der Waals surface area contributed by atoms with Gasteiger partial charge in [0.15, 0.2) is 6.29 Å². The van der Waals surface area contributed by atoms with Crippen LogP contribution in [0.1, 0.15) is 30.3 Å². The van der Waals surface area contributed by atoms with Gasteiger partial charge in [0, 0.05) is 33.0 Å². The zero-order valence-corrected chi connectivity index (χ0v) is 15.3. The van der Waals surface area contributed by atoms with Gasteiger partial charge < -0.3 is 19.1 Å². The molecule has 1 aliphatic rings. The summed E-state index contributed by atoms with van der Waals surface area (Å²) in [5.74, 6) is 0.497. The van der Waals surface area contributed by atoms with Crippen LogP contribution in [-0.2, 0) is 15.7 Å². The molecule has 0 amide bonds. The highest BCUT2D eigenvalue weighted by Crippen LogP contribution is 2.37. The van der Waals surface area contributed by atoms with Crippen LogP contribution in [0.3, 0.4) is 0 Å². The lowest BCUT2D eigenvalue weighted by Crippen LogP contribution is -2.18. The molecule has 0 bridgehead atoms. The van der Waals surface area contributed by atoms with Crippen molar-refractivity contribution in [1.29, 1.82) is 0 Å². The van der Waals surface area contributed by atoms with Crippen molar-refractivity contribution in [2.24, 2.45) is 0 Å². The zero-order chi connectivity index (χ0) is 19.4. The SMILES string of the molecule is COC(OC)c1cc(N2CCCC2)ccc1Oc1cccc(C(F)(F)F)c1. The fourth-order valence-corrected chi connectivity index (χ4v) is 3.20. The maximum Gasteiger partial charge on any atom is 0.416 e. The molecule has 7 heteroatoms. The third-order valence-corrected chi connectivity index (χ3v) is 4.54. The van der Waals surface area contributed by atoms with Gasteiger partial charge in [-0.2, -0.15) is 13.2 Å². The Morgan fingerprint density at radius 2 is 1.67 bits per heavy atom. The normalized spacial score (nSPS) is 14.8. The largest absolute Gasteiger partial charge is 0.457 e. The molecule has 1 aliphatic heterocycles. The van der Waals surface area contributed by atoms with Gasteiger partial charge in [-0.05, 0) is 49.2 Å². The molecule has 1 heterocycles. The fraction of sp³-hybridized carbons (Fsp3) is 0.400. The van der Waals surface area contributed by atoms with Gasteiger partial charge in [-0.3, -0.25) is 0 Å². The average Bonchev–Trinajstić information content (AvgIpc) is 3.18. The predicted molar refractivity (Wildman–Crippen MR) is 96.2 cm³/mol. The smallest absolute Gasteiger partial charge is 0.416 e. The summed E-state index contributed by atoms with van der Waals surface area (Å²) in [6.45, 7) is 1.94. The Balaban J connectivity index is 1.94. The summed E-state index contributed by atoms with van der Waals surface area (Å²) in [6.07, 6.45) is -2.84.